The lowest BCUT2D eigenvalue weighted by molar-refractivity contribution is -0.162. The maximum atomic E-state index is 12.6. The molecule has 0 radical (unpaired) electrons. The molecule has 11 heavy (non-hydrogen) atoms. The molecule has 1 saturated heterocycles. The number of rotatable bonds is 0. The maximum absolute atomic E-state index is 12.6. The van der Waals surface area contributed by atoms with Crippen molar-refractivity contribution in [1.82, 2.24) is 0 Å². The molecule has 2 aliphatic rings. The Bertz CT molecular complexity index is 183. The molecule has 0 amide bonds. The summed E-state index contributed by atoms with van der Waals surface area (Å²) in [5, 5.41) is 0. The second-order valence-electron chi connectivity index (χ2n) is 2.96. The van der Waals surface area contributed by atoms with Crippen LogP contribution in [0.4, 0.5) is 4.39 Å². The van der Waals surface area contributed by atoms with Crippen LogP contribution in [0, 0.1) is 0 Å². The summed E-state index contributed by atoms with van der Waals surface area (Å²) in [6.07, 6.45) is 3.25. The van der Waals surface area contributed by atoms with Crippen molar-refractivity contribution in [3.8, 4) is 0 Å². The van der Waals surface area contributed by atoms with Gasteiger partial charge in [-0.1, -0.05) is 0 Å². The molecule has 0 bridgehead atoms. The van der Waals surface area contributed by atoms with Crippen LogP contribution in [0.5, 0.6) is 0 Å². The molecule has 2 rings (SSSR count). The predicted molar refractivity (Wildman–Crippen MR) is 37.7 cm³/mol. The lowest BCUT2D eigenvalue weighted by Crippen LogP contribution is -2.31. The van der Waals surface area contributed by atoms with E-state index in [1.165, 1.54) is 0 Å². The summed E-state index contributed by atoms with van der Waals surface area (Å²) < 4.78 is 23.4. The Morgan fingerprint density at radius 3 is 2.64 bits per heavy atom. The first-order valence-corrected chi connectivity index (χ1v) is 3.93. The van der Waals surface area contributed by atoms with Crippen molar-refractivity contribution in [2.75, 3.05) is 13.2 Å². The molecule has 1 spiro atoms. The van der Waals surface area contributed by atoms with Gasteiger partial charge in [0.25, 0.3) is 0 Å². The summed E-state index contributed by atoms with van der Waals surface area (Å²) in [6, 6.07) is 0. The van der Waals surface area contributed by atoms with E-state index in [-0.39, 0.29) is 5.83 Å². The van der Waals surface area contributed by atoms with E-state index in [9.17, 15) is 4.39 Å². The lowest BCUT2D eigenvalue weighted by atomic mass is 10.00. The number of ether oxygens (including phenoxy) is 2. The molecule has 0 atom stereocenters. The maximum Gasteiger partial charge on any atom is 0.172 e. The number of halogens is 1. The third-order valence-corrected chi connectivity index (χ3v) is 2.19. The van der Waals surface area contributed by atoms with E-state index in [0.29, 0.717) is 32.5 Å². The summed E-state index contributed by atoms with van der Waals surface area (Å²) in [5.74, 6) is -0.495. The quantitative estimate of drug-likeness (QED) is 0.535. The highest BCUT2D eigenvalue weighted by Gasteiger charge is 2.37. The summed E-state index contributed by atoms with van der Waals surface area (Å²) >= 11 is 0. The van der Waals surface area contributed by atoms with Crippen molar-refractivity contribution in [1.29, 1.82) is 0 Å². The first kappa shape index (κ1) is 7.25. The molecule has 1 aliphatic heterocycles. The molecule has 1 aliphatic carbocycles. The lowest BCUT2D eigenvalue weighted by Gasteiger charge is -2.28. The van der Waals surface area contributed by atoms with Crippen LogP contribution in [0.1, 0.15) is 19.3 Å². The fraction of sp³-hybridized carbons (Fsp3) is 0.750. The standard InChI is InChI=1S/C8H11FO2/c9-7-1-3-8(4-2-7)10-5-6-11-8/h1H,2-6H2. The molecule has 0 aromatic heterocycles. The molecule has 0 unspecified atom stereocenters. The smallest absolute Gasteiger partial charge is 0.172 e. The van der Waals surface area contributed by atoms with Crippen LogP contribution >= 0.6 is 0 Å². The molecular formula is C8H11FO2. The molecule has 0 saturated carbocycles. The Morgan fingerprint density at radius 1 is 1.36 bits per heavy atom. The van der Waals surface area contributed by atoms with Gasteiger partial charge in [0.1, 0.15) is 0 Å². The molecule has 62 valence electrons. The van der Waals surface area contributed by atoms with Crippen LogP contribution in [0.2, 0.25) is 0 Å². The highest BCUT2D eigenvalue weighted by Crippen LogP contribution is 2.34. The van der Waals surface area contributed by atoms with Gasteiger partial charge in [-0.3, -0.25) is 0 Å². The molecule has 1 fully saturated rings. The Balaban J connectivity index is 2.06. The SMILES string of the molecule is FC1=CCC2(CC1)OCCO2. The Morgan fingerprint density at radius 2 is 2.09 bits per heavy atom. The number of hydrogen-bond donors (Lipinski definition) is 0. The van der Waals surface area contributed by atoms with E-state index in [0.717, 1.165) is 0 Å². The van der Waals surface area contributed by atoms with Crippen LogP contribution < -0.4 is 0 Å². The third-order valence-electron chi connectivity index (χ3n) is 2.19. The normalized spacial score (nSPS) is 29.0. The van der Waals surface area contributed by atoms with Gasteiger partial charge in [-0.2, -0.15) is 0 Å². The predicted octanol–water partition coefficient (Wildman–Crippen LogP) is 1.77. The van der Waals surface area contributed by atoms with Crippen molar-refractivity contribution in [2.24, 2.45) is 0 Å². The zero-order valence-electron chi connectivity index (χ0n) is 6.31. The first-order valence-electron chi connectivity index (χ1n) is 3.93. The van der Waals surface area contributed by atoms with Gasteiger partial charge in [0.2, 0.25) is 0 Å². The topological polar surface area (TPSA) is 18.5 Å². The zero-order valence-corrected chi connectivity index (χ0v) is 6.31. The van der Waals surface area contributed by atoms with Gasteiger partial charge in [0.15, 0.2) is 5.79 Å². The summed E-state index contributed by atoms with van der Waals surface area (Å²) in [5.41, 5.74) is 0. The monoisotopic (exact) mass is 158 g/mol. The molecule has 3 heteroatoms. The first-order chi connectivity index (χ1) is 5.31. The van der Waals surface area contributed by atoms with Crippen LogP contribution in [0.15, 0.2) is 11.9 Å². The van der Waals surface area contributed by atoms with E-state index in [4.69, 9.17) is 9.47 Å². The van der Waals surface area contributed by atoms with Gasteiger partial charge in [-0.15, -0.1) is 0 Å². The van der Waals surface area contributed by atoms with E-state index in [1.54, 1.807) is 6.08 Å². The van der Waals surface area contributed by atoms with Crippen molar-refractivity contribution in [2.45, 2.75) is 25.0 Å². The van der Waals surface area contributed by atoms with Crippen molar-refractivity contribution in [3.63, 3.8) is 0 Å². The fourth-order valence-corrected chi connectivity index (χ4v) is 1.54. The zero-order chi connectivity index (χ0) is 7.73. The number of allylic oxidation sites excluding steroid dienone is 1. The highest BCUT2D eigenvalue weighted by molar-refractivity contribution is 5.02. The van der Waals surface area contributed by atoms with Crippen LogP contribution in [0.25, 0.3) is 0 Å². The molecule has 0 aromatic rings. The second kappa shape index (κ2) is 2.57. The van der Waals surface area contributed by atoms with Crippen LogP contribution in [-0.2, 0) is 9.47 Å². The second-order valence-corrected chi connectivity index (χ2v) is 2.96. The average Bonchev–Trinajstić information content (AvgIpc) is 2.45. The molecule has 1 heterocycles. The largest absolute Gasteiger partial charge is 0.347 e. The average molecular weight is 158 g/mol. The van der Waals surface area contributed by atoms with Crippen molar-refractivity contribution >= 4 is 0 Å². The summed E-state index contributed by atoms with van der Waals surface area (Å²) in [4.78, 5) is 0. The summed E-state index contributed by atoms with van der Waals surface area (Å²) in [7, 11) is 0. The fourth-order valence-electron chi connectivity index (χ4n) is 1.54. The Kier molecular flexibility index (Phi) is 1.69. The molecular weight excluding hydrogens is 147 g/mol. The number of hydrogen-bond acceptors (Lipinski definition) is 2. The van der Waals surface area contributed by atoms with Crippen molar-refractivity contribution < 1.29 is 13.9 Å². The van der Waals surface area contributed by atoms with E-state index in [1.807, 2.05) is 0 Å². The van der Waals surface area contributed by atoms with Gasteiger partial charge in [-0.25, -0.2) is 4.39 Å². The Hall–Kier alpha value is -0.410. The molecule has 2 nitrogen and oxygen atoms in total. The van der Waals surface area contributed by atoms with Gasteiger partial charge >= 0.3 is 0 Å². The van der Waals surface area contributed by atoms with Crippen LogP contribution in [0.3, 0.4) is 0 Å². The minimum atomic E-state index is -0.463. The molecule has 0 aromatic carbocycles. The highest BCUT2D eigenvalue weighted by atomic mass is 19.1. The van der Waals surface area contributed by atoms with E-state index < -0.39 is 5.79 Å². The third kappa shape index (κ3) is 1.30. The van der Waals surface area contributed by atoms with Crippen LogP contribution in [-0.4, -0.2) is 19.0 Å². The van der Waals surface area contributed by atoms with Crippen molar-refractivity contribution in [3.05, 3.63) is 11.9 Å². The van der Waals surface area contributed by atoms with Gasteiger partial charge in [-0.05, 0) is 6.08 Å². The summed E-state index contributed by atoms with van der Waals surface area (Å²) in [6.45, 7) is 1.30. The van der Waals surface area contributed by atoms with Gasteiger partial charge < -0.3 is 9.47 Å². The van der Waals surface area contributed by atoms with E-state index >= 15 is 0 Å². The minimum Gasteiger partial charge on any atom is -0.347 e. The minimum absolute atomic E-state index is 0.0327. The van der Waals surface area contributed by atoms with Gasteiger partial charge in [0.05, 0.1) is 19.0 Å². The van der Waals surface area contributed by atoms with E-state index in [2.05, 4.69) is 0 Å². The molecule has 0 N–H and O–H groups in total. The Labute approximate surface area is 65.0 Å². The van der Waals surface area contributed by atoms with Gasteiger partial charge in [0, 0.05) is 19.3 Å².